The van der Waals surface area contributed by atoms with Gasteiger partial charge in [-0.2, -0.15) is 0 Å². The minimum Gasteiger partial charge on any atom is -0.348 e. The summed E-state index contributed by atoms with van der Waals surface area (Å²) < 4.78 is 24.4. The third-order valence-electron chi connectivity index (χ3n) is 3.87. The Hall–Kier alpha value is -1.01. The molecule has 0 aromatic carbocycles. The van der Waals surface area contributed by atoms with E-state index in [-0.39, 0.29) is 16.8 Å². The summed E-state index contributed by atoms with van der Waals surface area (Å²) in [4.78, 5) is 12.3. The van der Waals surface area contributed by atoms with E-state index < -0.39 is 9.05 Å². The molecule has 1 saturated carbocycles. The second-order valence-corrected chi connectivity index (χ2v) is 8.11. The normalized spacial score (nSPS) is 16.7. The monoisotopic (exact) mass is 332 g/mol. The zero-order chi connectivity index (χ0) is 15.6. The van der Waals surface area contributed by atoms with Crippen molar-refractivity contribution >= 4 is 25.6 Å². The van der Waals surface area contributed by atoms with Crippen LogP contribution in [0.3, 0.4) is 0 Å². The highest BCUT2D eigenvalue weighted by atomic mass is 35.7. The molecule has 1 N–H and O–H groups in total. The lowest BCUT2D eigenvalue weighted by Crippen LogP contribution is -2.35. The molecule has 1 aromatic heterocycles. The first-order valence-corrected chi connectivity index (χ1v) is 9.61. The summed E-state index contributed by atoms with van der Waals surface area (Å²) >= 11 is 0. The van der Waals surface area contributed by atoms with Crippen molar-refractivity contribution in [2.45, 2.75) is 57.0 Å². The molecule has 21 heavy (non-hydrogen) atoms. The Balaban J connectivity index is 2.15. The number of halogens is 1. The lowest BCUT2D eigenvalue weighted by atomic mass is 10.1. The lowest BCUT2D eigenvalue weighted by molar-refractivity contribution is 0.0923. The average Bonchev–Trinajstić information content (AvgIpc) is 3.11. The molecule has 0 bridgehead atoms. The fraction of sp³-hybridized carbons (Fsp3) is 0.643. The molecule has 1 aliphatic rings. The molecule has 5 nitrogen and oxygen atoms in total. The Kier molecular flexibility index (Phi) is 4.99. The van der Waals surface area contributed by atoms with Gasteiger partial charge < -0.3 is 9.88 Å². The second-order valence-electron chi connectivity index (χ2n) is 5.54. The molecule has 1 unspecified atom stereocenters. The van der Waals surface area contributed by atoms with Crippen LogP contribution < -0.4 is 5.32 Å². The standard InChI is InChI=1S/C14H21ClN2O3S/c1-3-11(7-10-5-6-10)16-14(18)13-8-12(21(15,19)20)9-17(13)4-2/h8-11H,3-7H2,1-2H3,(H,16,18). The summed E-state index contributed by atoms with van der Waals surface area (Å²) in [6, 6.07) is 1.48. The largest absolute Gasteiger partial charge is 0.348 e. The van der Waals surface area contributed by atoms with E-state index in [0.717, 1.165) is 18.8 Å². The van der Waals surface area contributed by atoms with Crippen LogP contribution in [0.25, 0.3) is 0 Å². The van der Waals surface area contributed by atoms with Gasteiger partial charge in [0, 0.05) is 29.5 Å². The number of nitrogens with one attached hydrogen (secondary N) is 1. The lowest BCUT2D eigenvalue weighted by Gasteiger charge is -2.17. The summed E-state index contributed by atoms with van der Waals surface area (Å²) in [6.45, 7) is 4.40. The van der Waals surface area contributed by atoms with Gasteiger partial charge in [-0.1, -0.05) is 19.8 Å². The number of nitrogens with zero attached hydrogens (tertiary/aromatic N) is 1. The first kappa shape index (κ1) is 16.4. The number of amides is 1. The maximum absolute atomic E-state index is 12.4. The van der Waals surface area contributed by atoms with Crippen molar-refractivity contribution < 1.29 is 13.2 Å². The fourth-order valence-corrected chi connectivity index (χ4v) is 3.17. The highest BCUT2D eigenvalue weighted by molar-refractivity contribution is 8.13. The van der Waals surface area contributed by atoms with Gasteiger partial charge in [-0.25, -0.2) is 8.42 Å². The van der Waals surface area contributed by atoms with Gasteiger partial charge in [0.2, 0.25) is 0 Å². The second kappa shape index (κ2) is 6.40. The third kappa shape index (κ3) is 4.23. The van der Waals surface area contributed by atoms with E-state index in [0.29, 0.717) is 12.2 Å². The van der Waals surface area contributed by atoms with Crippen LogP contribution in [0, 0.1) is 5.92 Å². The Bertz CT molecular complexity index is 620. The zero-order valence-electron chi connectivity index (χ0n) is 12.3. The molecule has 0 saturated heterocycles. The summed E-state index contributed by atoms with van der Waals surface area (Å²) in [6.07, 6.45) is 5.75. The van der Waals surface area contributed by atoms with Crippen molar-refractivity contribution in [1.29, 1.82) is 0 Å². The molecule has 1 atom stereocenters. The van der Waals surface area contributed by atoms with Crippen molar-refractivity contribution in [2.24, 2.45) is 5.92 Å². The summed E-state index contributed by atoms with van der Waals surface area (Å²) in [5, 5.41) is 3.00. The van der Waals surface area contributed by atoms with Crippen molar-refractivity contribution in [1.82, 2.24) is 9.88 Å². The zero-order valence-corrected chi connectivity index (χ0v) is 13.9. The smallest absolute Gasteiger partial charge is 0.268 e. The number of hydrogen-bond acceptors (Lipinski definition) is 3. The number of carbonyl (C=O) groups excluding carboxylic acids is 1. The van der Waals surface area contributed by atoms with Crippen LogP contribution in [0.15, 0.2) is 17.2 Å². The SMILES string of the molecule is CCC(CC1CC1)NC(=O)c1cc(S(=O)(=O)Cl)cn1CC. The van der Waals surface area contributed by atoms with E-state index in [9.17, 15) is 13.2 Å². The molecule has 2 rings (SSSR count). The van der Waals surface area contributed by atoms with Gasteiger partial charge in [-0.05, 0) is 31.7 Å². The van der Waals surface area contributed by atoms with Gasteiger partial charge in [0.15, 0.2) is 0 Å². The summed E-state index contributed by atoms with van der Waals surface area (Å²) in [5.74, 6) is 0.489. The Morgan fingerprint density at radius 3 is 2.62 bits per heavy atom. The van der Waals surface area contributed by atoms with E-state index >= 15 is 0 Å². The van der Waals surface area contributed by atoms with E-state index in [4.69, 9.17) is 10.7 Å². The first-order chi connectivity index (χ1) is 9.85. The van der Waals surface area contributed by atoms with Crippen molar-refractivity contribution in [2.75, 3.05) is 0 Å². The predicted octanol–water partition coefficient (Wildman–Crippen LogP) is 2.74. The quantitative estimate of drug-likeness (QED) is 0.781. The number of carbonyl (C=O) groups is 1. The molecule has 118 valence electrons. The Labute approximate surface area is 130 Å². The van der Waals surface area contributed by atoms with Gasteiger partial charge in [-0.15, -0.1) is 0 Å². The topological polar surface area (TPSA) is 68.2 Å². The molecule has 7 heteroatoms. The number of hydrogen-bond donors (Lipinski definition) is 1. The molecule has 1 amide bonds. The molecule has 0 radical (unpaired) electrons. The highest BCUT2D eigenvalue weighted by Crippen LogP contribution is 2.34. The molecule has 1 aliphatic carbocycles. The number of rotatable bonds is 7. The fourth-order valence-electron chi connectivity index (χ4n) is 2.41. The van der Waals surface area contributed by atoms with Gasteiger partial charge in [0.1, 0.15) is 10.6 Å². The van der Waals surface area contributed by atoms with Gasteiger partial charge in [-0.3, -0.25) is 4.79 Å². The van der Waals surface area contributed by atoms with Crippen molar-refractivity contribution in [3.8, 4) is 0 Å². The highest BCUT2D eigenvalue weighted by Gasteiger charge is 2.27. The first-order valence-electron chi connectivity index (χ1n) is 7.30. The minimum atomic E-state index is -3.82. The third-order valence-corrected chi connectivity index (χ3v) is 5.19. The number of aromatic nitrogens is 1. The van der Waals surface area contributed by atoms with E-state index in [2.05, 4.69) is 5.32 Å². The predicted molar refractivity (Wildman–Crippen MR) is 82.0 cm³/mol. The molecular formula is C14H21ClN2O3S. The van der Waals surface area contributed by atoms with Gasteiger partial charge in [0.05, 0.1) is 0 Å². The number of aryl methyl sites for hydroxylation is 1. The molecular weight excluding hydrogens is 312 g/mol. The van der Waals surface area contributed by atoms with Crippen LogP contribution in [0.4, 0.5) is 0 Å². The molecule has 1 aromatic rings. The molecule has 0 spiro atoms. The van der Waals surface area contributed by atoms with E-state index in [1.165, 1.54) is 25.1 Å². The van der Waals surface area contributed by atoms with Crippen molar-refractivity contribution in [3.05, 3.63) is 18.0 Å². The van der Waals surface area contributed by atoms with Crippen molar-refractivity contribution in [3.63, 3.8) is 0 Å². The Morgan fingerprint density at radius 1 is 1.48 bits per heavy atom. The van der Waals surface area contributed by atoms with E-state index in [1.54, 1.807) is 4.57 Å². The van der Waals surface area contributed by atoms with Crippen LogP contribution in [0.1, 0.15) is 50.0 Å². The van der Waals surface area contributed by atoms with Crippen LogP contribution in [0.5, 0.6) is 0 Å². The van der Waals surface area contributed by atoms with Crippen LogP contribution in [-0.2, 0) is 15.6 Å². The summed E-state index contributed by atoms with van der Waals surface area (Å²) in [7, 11) is 1.52. The van der Waals surface area contributed by atoms with Crippen LogP contribution >= 0.6 is 10.7 Å². The van der Waals surface area contributed by atoms with Crippen LogP contribution in [0.2, 0.25) is 0 Å². The molecule has 1 fully saturated rings. The van der Waals surface area contributed by atoms with E-state index in [1.807, 2.05) is 13.8 Å². The Morgan fingerprint density at radius 2 is 2.14 bits per heavy atom. The molecule has 0 aliphatic heterocycles. The molecule has 1 heterocycles. The van der Waals surface area contributed by atoms with Gasteiger partial charge >= 0.3 is 0 Å². The maximum atomic E-state index is 12.4. The maximum Gasteiger partial charge on any atom is 0.268 e. The minimum absolute atomic E-state index is 0.0357. The van der Waals surface area contributed by atoms with Gasteiger partial charge in [0.25, 0.3) is 15.0 Å². The van der Waals surface area contributed by atoms with Crippen LogP contribution in [-0.4, -0.2) is 24.9 Å². The summed E-state index contributed by atoms with van der Waals surface area (Å²) in [5.41, 5.74) is 0.339. The average molecular weight is 333 g/mol.